The van der Waals surface area contributed by atoms with Gasteiger partial charge in [-0.1, -0.05) is 18.2 Å². The number of benzene rings is 2. The van der Waals surface area contributed by atoms with Gasteiger partial charge in [0, 0.05) is 18.9 Å². The summed E-state index contributed by atoms with van der Waals surface area (Å²) in [7, 11) is 3.15. The second-order valence-electron chi connectivity index (χ2n) is 6.73. The minimum atomic E-state index is -4.39. The first-order chi connectivity index (χ1) is 14.4. The van der Waals surface area contributed by atoms with Crippen molar-refractivity contribution < 1.29 is 22.6 Å². The highest BCUT2D eigenvalue weighted by Crippen LogP contribution is 2.32. The summed E-state index contributed by atoms with van der Waals surface area (Å²) in [5, 5.41) is 3.38. The van der Waals surface area contributed by atoms with E-state index in [2.05, 4.69) is 10.3 Å². The summed E-state index contributed by atoms with van der Waals surface area (Å²) < 4.78 is 50.1. The molecule has 0 amide bonds. The molecule has 0 bridgehead atoms. The van der Waals surface area contributed by atoms with Gasteiger partial charge >= 0.3 is 6.18 Å². The Balaban J connectivity index is 1.80. The molecule has 0 saturated carbocycles. The lowest BCUT2D eigenvalue weighted by Gasteiger charge is -2.21. The van der Waals surface area contributed by atoms with Crippen LogP contribution in [0.5, 0.6) is 11.5 Å². The molecule has 1 atom stereocenters. The highest BCUT2D eigenvalue weighted by atomic mass is 19.4. The number of rotatable bonds is 8. The molecule has 0 unspecified atom stereocenters. The summed E-state index contributed by atoms with van der Waals surface area (Å²) in [6.45, 7) is 0.554. The normalized spacial score (nSPS) is 12.4. The van der Waals surface area contributed by atoms with Crippen LogP contribution in [0.15, 0.2) is 67.0 Å². The zero-order valence-electron chi connectivity index (χ0n) is 16.7. The molecule has 0 fully saturated rings. The van der Waals surface area contributed by atoms with Crippen molar-refractivity contribution in [3.8, 4) is 11.5 Å². The van der Waals surface area contributed by atoms with Crippen LogP contribution >= 0.6 is 0 Å². The van der Waals surface area contributed by atoms with Gasteiger partial charge in [0.2, 0.25) is 0 Å². The summed E-state index contributed by atoms with van der Waals surface area (Å²) in [5.74, 6) is 1.28. The summed E-state index contributed by atoms with van der Waals surface area (Å²) >= 11 is 0. The first-order valence-corrected chi connectivity index (χ1v) is 9.43. The number of nitrogens with zero attached hydrogens (tertiary/aromatic N) is 1. The molecule has 2 aromatic carbocycles. The summed E-state index contributed by atoms with van der Waals surface area (Å²) in [6.07, 6.45) is -0.461. The molecule has 0 saturated heterocycles. The van der Waals surface area contributed by atoms with E-state index < -0.39 is 17.8 Å². The van der Waals surface area contributed by atoms with Gasteiger partial charge in [-0.25, -0.2) is 0 Å². The first-order valence-electron chi connectivity index (χ1n) is 9.43. The van der Waals surface area contributed by atoms with Crippen molar-refractivity contribution in [1.29, 1.82) is 0 Å². The van der Waals surface area contributed by atoms with Gasteiger partial charge in [0.1, 0.15) is 0 Å². The molecule has 1 aromatic heterocycles. The number of nitrogens with one attached hydrogen (secondary N) is 1. The molecule has 0 spiro atoms. The number of hydrogen-bond acceptors (Lipinski definition) is 4. The van der Waals surface area contributed by atoms with E-state index in [4.69, 9.17) is 9.47 Å². The fourth-order valence-corrected chi connectivity index (χ4v) is 3.28. The van der Waals surface area contributed by atoms with E-state index in [1.807, 2.05) is 18.2 Å². The van der Waals surface area contributed by atoms with E-state index in [-0.39, 0.29) is 0 Å². The molecule has 1 heterocycles. The van der Waals surface area contributed by atoms with Crippen LogP contribution in [0.2, 0.25) is 0 Å². The lowest BCUT2D eigenvalue weighted by Crippen LogP contribution is -2.25. The Bertz CT molecular complexity index is 962. The second-order valence-corrected chi connectivity index (χ2v) is 6.73. The molecule has 3 rings (SSSR count). The van der Waals surface area contributed by atoms with E-state index in [9.17, 15) is 13.2 Å². The quantitative estimate of drug-likeness (QED) is 0.559. The zero-order chi connectivity index (χ0) is 21.6. The van der Waals surface area contributed by atoms with Crippen LogP contribution in [-0.4, -0.2) is 25.7 Å². The van der Waals surface area contributed by atoms with Crippen LogP contribution in [0, 0.1) is 0 Å². The Labute approximate surface area is 173 Å². The fraction of sp³-hybridized carbons (Fsp3) is 0.261. The maximum Gasteiger partial charge on any atom is 0.416 e. The van der Waals surface area contributed by atoms with Gasteiger partial charge in [0.05, 0.1) is 25.8 Å². The Morgan fingerprint density at radius 1 is 0.900 bits per heavy atom. The van der Waals surface area contributed by atoms with Crippen molar-refractivity contribution in [2.75, 3.05) is 20.8 Å². The van der Waals surface area contributed by atoms with Gasteiger partial charge in [-0.05, 0) is 59.5 Å². The smallest absolute Gasteiger partial charge is 0.416 e. The lowest BCUT2D eigenvalue weighted by atomic mass is 9.97. The van der Waals surface area contributed by atoms with Gasteiger partial charge < -0.3 is 14.8 Å². The molecule has 30 heavy (non-hydrogen) atoms. The molecular formula is C23H23F3N2O2. The maximum absolute atomic E-state index is 13.2. The lowest BCUT2D eigenvalue weighted by molar-refractivity contribution is -0.137. The molecule has 0 radical (unpaired) electrons. The first kappa shape index (κ1) is 21.6. The fourth-order valence-electron chi connectivity index (χ4n) is 3.28. The summed E-state index contributed by atoms with van der Waals surface area (Å²) in [4.78, 5) is 4.01. The standard InChI is InChI=1S/C23H23F3N2O2/c1-29-20-7-6-16(14-21(20)30-2)8-13-28-22(17-9-11-27-12-10-17)18-4-3-5-19(15-18)23(24,25)26/h3-7,9-12,14-15,22,28H,8,13H2,1-2H3/t22-/m1/s1. The Kier molecular flexibility index (Phi) is 6.95. The van der Waals surface area contributed by atoms with Gasteiger partial charge in [0.25, 0.3) is 0 Å². The van der Waals surface area contributed by atoms with Gasteiger partial charge in [-0.15, -0.1) is 0 Å². The molecule has 4 nitrogen and oxygen atoms in total. The Hall–Kier alpha value is -3.06. The van der Waals surface area contributed by atoms with Crippen molar-refractivity contribution >= 4 is 0 Å². The van der Waals surface area contributed by atoms with Crippen LogP contribution < -0.4 is 14.8 Å². The highest BCUT2D eigenvalue weighted by molar-refractivity contribution is 5.43. The minimum Gasteiger partial charge on any atom is -0.493 e. The van der Waals surface area contributed by atoms with E-state index in [1.165, 1.54) is 12.1 Å². The van der Waals surface area contributed by atoms with E-state index in [1.54, 1.807) is 44.8 Å². The van der Waals surface area contributed by atoms with Gasteiger partial charge in [0.15, 0.2) is 11.5 Å². The van der Waals surface area contributed by atoms with Crippen molar-refractivity contribution in [2.24, 2.45) is 0 Å². The SMILES string of the molecule is COc1ccc(CCN[C@H](c2ccncc2)c2cccc(C(F)(F)F)c2)cc1OC. The van der Waals surface area contributed by atoms with Crippen LogP contribution in [0.1, 0.15) is 28.3 Å². The summed E-state index contributed by atoms with van der Waals surface area (Å²) in [5.41, 5.74) is 1.75. The van der Waals surface area contributed by atoms with Crippen LogP contribution in [0.4, 0.5) is 13.2 Å². The number of alkyl halides is 3. The predicted molar refractivity (Wildman–Crippen MR) is 109 cm³/mol. The number of pyridine rings is 1. The number of aromatic nitrogens is 1. The molecule has 1 N–H and O–H groups in total. The third-order valence-corrected chi connectivity index (χ3v) is 4.80. The van der Waals surface area contributed by atoms with Crippen molar-refractivity contribution in [2.45, 2.75) is 18.6 Å². The highest BCUT2D eigenvalue weighted by Gasteiger charge is 2.31. The monoisotopic (exact) mass is 416 g/mol. The minimum absolute atomic E-state index is 0.393. The summed E-state index contributed by atoms with van der Waals surface area (Å²) in [6, 6.07) is 14.3. The number of halogens is 3. The Morgan fingerprint density at radius 2 is 1.63 bits per heavy atom. The zero-order valence-corrected chi connectivity index (χ0v) is 16.7. The second kappa shape index (κ2) is 9.63. The number of methoxy groups -OCH3 is 2. The van der Waals surface area contributed by atoms with Crippen molar-refractivity contribution in [3.05, 3.63) is 89.2 Å². The van der Waals surface area contributed by atoms with E-state index in [0.717, 1.165) is 17.2 Å². The van der Waals surface area contributed by atoms with Gasteiger partial charge in [-0.3, -0.25) is 4.98 Å². The van der Waals surface area contributed by atoms with E-state index >= 15 is 0 Å². The molecule has 158 valence electrons. The molecule has 0 aliphatic rings. The van der Waals surface area contributed by atoms with Crippen molar-refractivity contribution in [3.63, 3.8) is 0 Å². The average Bonchev–Trinajstić information content (AvgIpc) is 2.76. The predicted octanol–water partition coefficient (Wildman–Crippen LogP) is 5.04. The number of hydrogen-bond donors (Lipinski definition) is 1. The topological polar surface area (TPSA) is 43.4 Å². The maximum atomic E-state index is 13.2. The third kappa shape index (κ3) is 5.30. The van der Waals surface area contributed by atoms with Crippen LogP contribution in [0.3, 0.4) is 0 Å². The average molecular weight is 416 g/mol. The van der Waals surface area contributed by atoms with Crippen LogP contribution in [-0.2, 0) is 12.6 Å². The molecule has 0 aliphatic carbocycles. The molecule has 3 aromatic rings. The van der Waals surface area contributed by atoms with Gasteiger partial charge in [-0.2, -0.15) is 13.2 Å². The van der Waals surface area contributed by atoms with Crippen molar-refractivity contribution in [1.82, 2.24) is 10.3 Å². The molecule has 0 aliphatic heterocycles. The molecule has 7 heteroatoms. The van der Waals surface area contributed by atoms with Crippen LogP contribution in [0.25, 0.3) is 0 Å². The Morgan fingerprint density at radius 3 is 2.30 bits per heavy atom. The third-order valence-electron chi connectivity index (χ3n) is 4.80. The number of ether oxygens (including phenoxy) is 2. The largest absolute Gasteiger partial charge is 0.493 e. The van der Waals surface area contributed by atoms with E-state index in [0.29, 0.717) is 30.0 Å². The molecular weight excluding hydrogens is 393 g/mol.